The average molecular weight is 345 g/mol. The quantitative estimate of drug-likeness (QED) is 0.636. The molecule has 19 heavy (non-hydrogen) atoms. The Morgan fingerprint density at radius 2 is 2.16 bits per heavy atom. The second kappa shape index (κ2) is 6.29. The van der Waals surface area contributed by atoms with E-state index >= 15 is 0 Å². The Balaban J connectivity index is 2.52. The predicted octanol–water partition coefficient (Wildman–Crippen LogP) is 1.87. The maximum absolute atomic E-state index is 5.62. The standard InChI is InChI=1S/C11H13BrN4O2S/c1-17-8-4-3-6(11(18-2)9(8)12)10(15-13)7-5-14-19-16-7/h3-5,10,15H,13H2,1-2H3. The summed E-state index contributed by atoms with van der Waals surface area (Å²) in [6.07, 6.45) is 1.67. The minimum Gasteiger partial charge on any atom is -0.495 e. The van der Waals surface area contributed by atoms with Crippen molar-refractivity contribution in [2.24, 2.45) is 5.84 Å². The van der Waals surface area contributed by atoms with Gasteiger partial charge in [0.15, 0.2) is 0 Å². The maximum atomic E-state index is 5.62. The lowest BCUT2D eigenvalue weighted by molar-refractivity contribution is 0.382. The number of benzene rings is 1. The SMILES string of the molecule is COc1ccc(C(NN)c2cnsn2)c(OC)c1Br. The first-order chi connectivity index (χ1) is 9.22. The van der Waals surface area contributed by atoms with Gasteiger partial charge in [0.2, 0.25) is 0 Å². The van der Waals surface area contributed by atoms with Crippen LogP contribution in [0.2, 0.25) is 0 Å². The number of hydrogen-bond acceptors (Lipinski definition) is 7. The number of halogens is 1. The lowest BCUT2D eigenvalue weighted by atomic mass is 10.0. The summed E-state index contributed by atoms with van der Waals surface area (Å²) in [5.41, 5.74) is 4.31. The summed E-state index contributed by atoms with van der Waals surface area (Å²) < 4.78 is 19.6. The molecule has 0 saturated carbocycles. The molecule has 0 bridgehead atoms. The molecule has 1 unspecified atom stereocenters. The van der Waals surface area contributed by atoms with E-state index in [1.807, 2.05) is 12.1 Å². The summed E-state index contributed by atoms with van der Waals surface area (Å²) in [5, 5.41) is 0. The molecular weight excluding hydrogens is 332 g/mol. The van der Waals surface area contributed by atoms with Crippen molar-refractivity contribution < 1.29 is 9.47 Å². The molecule has 0 aliphatic carbocycles. The molecule has 1 aromatic heterocycles. The lowest BCUT2D eigenvalue weighted by Gasteiger charge is -2.19. The Morgan fingerprint density at radius 1 is 1.37 bits per heavy atom. The zero-order chi connectivity index (χ0) is 13.8. The number of hydrogen-bond donors (Lipinski definition) is 2. The van der Waals surface area contributed by atoms with Gasteiger partial charge in [0.05, 0.1) is 43.9 Å². The number of nitrogens with one attached hydrogen (secondary N) is 1. The van der Waals surface area contributed by atoms with Crippen molar-refractivity contribution in [3.05, 3.63) is 34.1 Å². The van der Waals surface area contributed by atoms with E-state index in [4.69, 9.17) is 15.3 Å². The molecule has 8 heteroatoms. The second-order valence-corrected chi connectivity index (χ2v) is 4.99. The molecule has 0 fully saturated rings. The Kier molecular flexibility index (Phi) is 4.70. The zero-order valence-corrected chi connectivity index (χ0v) is 12.8. The number of methoxy groups -OCH3 is 2. The minimum atomic E-state index is -0.295. The Hall–Kier alpha value is -1.22. The molecule has 0 aliphatic rings. The summed E-state index contributed by atoms with van der Waals surface area (Å²) >= 11 is 4.59. The highest BCUT2D eigenvalue weighted by Crippen LogP contribution is 2.40. The largest absolute Gasteiger partial charge is 0.495 e. The van der Waals surface area contributed by atoms with Crippen LogP contribution in [0.15, 0.2) is 22.8 Å². The van der Waals surface area contributed by atoms with Crippen LogP contribution in [-0.4, -0.2) is 23.0 Å². The monoisotopic (exact) mass is 344 g/mol. The van der Waals surface area contributed by atoms with E-state index in [9.17, 15) is 0 Å². The Labute approximate surface area is 123 Å². The van der Waals surface area contributed by atoms with Crippen LogP contribution in [0.3, 0.4) is 0 Å². The van der Waals surface area contributed by atoms with Crippen LogP contribution in [0.25, 0.3) is 0 Å². The molecule has 0 saturated heterocycles. The summed E-state index contributed by atoms with van der Waals surface area (Å²) in [7, 11) is 3.19. The number of ether oxygens (including phenoxy) is 2. The van der Waals surface area contributed by atoms with E-state index in [0.717, 1.165) is 27.5 Å². The van der Waals surface area contributed by atoms with Crippen LogP contribution in [0.1, 0.15) is 17.3 Å². The topological polar surface area (TPSA) is 82.3 Å². The predicted molar refractivity (Wildman–Crippen MR) is 76.3 cm³/mol. The highest BCUT2D eigenvalue weighted by atomic mass is 79.9. The molecule has 0 aliphatic heterocycles. The molecule has 1 atom stereocenters. The third-order valence-corrected chi connectivity index (χ3v) is 3.91. The van der Waals surface area contributed by atoms with E-state index in [0.29, 0.717) is 11.5 Å². The smallest absolute Gasteiger partial charge is 0.142 e. The minimum absolute atomic E-state index is 0.295. The highest BCUT2D eigenvalue weighted by Gasteiger charge is 2.22. The molecule has 1 heterocycles. The number of aromatic nitrogens is 2. The van der Waals surface area contributed by atoms with Crippen molar-refractivity contribution in [3.63, 3.8) is 0 Å². The lowest BCUT2D eigenvalue weighted by Crippen LogP contribution is -2.29. The number of nitrogens with two attached hydrogens (primary N) is 1. The van der Waals surface area contributed by atoms with Crippen molar-refractivity contribution in [3.8, 4) is 11.5 Å². The van der Waals surface area contributed by atoms with Crippen LogP contribution >= 0.6 is 27.7 Å². The molecule has 0 amide bonds. The third kappa shape index (κ3) is 2.71. The second-order valence-electron chi connectivity index (χ2n) is 3.64. The Bertz CT molecular complexity index is 550. The van der Waals surface area contributed by atoms with Crippen molar-refractivity contribution >= 4 is 27.7 Å². The van der Waals surface area contributed by atoms with Gasteiger partial charge >= 0.3 is 0 Å². The van der Waals surface area contributed by atoms with Gasteiger partial charge in [-0.25, -0.2) is 5.43 Å². The molecule has 2 rings (SSSR count). The fourth-order valence-electron chi connectivity index (χ4n) is 1.78. The maximum Gasteiger partial charge on any atom is 0.142 e. The van der Waals surface area contributed by atoms with Crippen molar-refractivity contribution in [2.75, 3.05) is 14.2 Å². The number of rotatable bonds is 5. The van der Waals surface area contributed by atoms with E-state index < -0.39 is 0 Å². The fraction of sp³-hybridized carbons (Fsp3) is 0.273. The first kappa shape index (κ1) is 14.2. The van der Waals surface area contributed by atoms with E-state index in [-0.39, 0.29) is 6.04 Å². The van der Waals surface area contributed by atoms with Crippen LogP contribution in [0, 0.1) is 0 Å². The van der Waals surface area contributed by atoms with Gasteiger partial charge < -0.3 is 9.47 Å². The third-order valence-electron chi connectivity index (χ3n) is 2.67. The van der Waals surface area contributed by atoms with Crippen LogP contribution in [0.5, 0.6) is 11.5 Å². The van der Waals surface area contributed by atoms with Gasteiger partial charge in [-0.2, -0.15) is 8.75 Å². The molecule has 102 valence electrons. The summed E-state index contributed by atoms with van der Waals surface area (Å²) in [4.78, 5) is 0. The summed E-state index contributed by atoms with van der Waals surface area (Å²) in [5.74, 6) is 6.96. The zero-order valence-electron chi connectivity index (χ0n) is 10.4. The van der Waals surface area contributed by atoms with Crippen LogP contribution in [0.4, 0.5) is 0 Å². The molecular formula is C11H13BrN4O2S. The van der Waals surface area contributed by atoms with Crippen molar-refractivity contribution in [2.45, 2.75) is 6.04 Å². The van der Waals surface area contributed by atoms with Crippen LogP contribution < -0.4 is 20.7 Å². The molecule has 3 N–H and O–H groups in total. The van der Waals surface area contributed by atoms with Crippen LogP contribution in [-0.2, 0) is 0 Å². The van der Waals surface area contributed by atoms with Gasteiger partial charge in [-0.1, -0.05) is 0 Å². The molecule has 0 spiro atoms. The van der Waals surface area contributed by atoms with Gasteiger partial charge in [-0.05, 0) is 28.1 Å². The summed E-state index contributed by atoms with van der Waals surface area (Å²) in [6, 6.07) is 3.43. The van der Waals surface area contributed by atoms with Gasteiger partial charge in [0.25, 0.3) is 0 Å². The first-order valence-electron chi connectivity index (χ1n) is 5.36. The molecule has 1 aromatic carbocycles. The van der Waals surface area contributed by atoms with E-state index in [1.165, 1.54) is 0 Å². The van der Waals surface area contributed by atoms with Gasteiger partial charge in [-0.3, -0.25) is 5.84 Å². The van der Waals surface area contributed by atoms with Gasteiger partial charge in [0.1, 0.15) is 16.0 Å². The normalized spacial score (nSPS) is 12.2. The summed E-state index contributed by atoms with van der Waals surface area (Å²) in [6.45, 7) is 0. The molecule has 2 aromatic rings. The van der Waals surface area contributed by atoms with E-state index in [1.54, 1.807) is 20.4 Å². The van der Waals surface area contributed by atoms with Gasteiger partial charge in [-0.15, -0.1) is 0 Å². The number of nitrogens with zero attached hydrogens (tertiary/aromatic N) is 2. The van der Waals surface area contributed by atoms with Gasteiger partial charge in [0, 0.05) is 5.56 Å². The van der Waals surface area contributed by atoms with Crippen molar-refractivity contribution in [1.82, 2.24) is 14.2 Å². The first-order valence-corrected chi connectivity index (χ1v) is 6.89. The fourth-order valence-corrected chi connectivity index (χ4v) is 2.91. The number of hydrazine groups is 1. The molecule has 0 radical (unpaired) electrons. The highest BCUT2D eigenvalue weighted by molar-refractivity contribution is 9.10. The van der Waals surface area contributed by atoms with E-state index in [2.05, 4.69) is 30.1 Å². The average Bonchev–Trinajstić information content (AvgIpc) is 2.94. The van der Waals surface area contributed by atoms with Crippen molar-refractivity contribution in [1.29, 1.82) is 0 Å². The Morgan fingerprint density at radius 3 is 2.68 bits per heavy atom. The molecule has 6 nitrogen and oxygen atoms in total.